The summed E-state index contributed by atoms with van der Waals surface area (Å²) >= 11 is 6.02. The van der Waals surface area contributed by atoms with Crippen molar-refractivity contribution < 1.29 is 9.72 Å². The van der Waals surface area contributed by atoms with E-state index in [1.807, 2.05) is 6.92 Å². The maximum absolute atomic E-state index is 11.6. The van der Waals surface area contributed by atoms with Crippen LogP contribution >= 0.6 is 11.6 Å². The molecule has 1 aromatic carbocycles. The number of rotatable bonds is 7. The molecule has 0 aliphatic heterocycles. The number of hydrogen-bond donors (Lipinski definition) is 1. The van der Waals surface area contributed by atoms with Crippen molar-refractivity contribution in [2.24, 2.45) is 0 Å². The largest absolute Gasteiger partial charge is 0.355 e. The molecule has 0 aromatic heterocycles. The Hall–Kier alpha value is -1.66. The number of nitrogens with one attached hydrogen (secondary N) is 1. The summed E-state index contributed by atoms with van der Waals surface area (Å²) in [6, 6.07) is 4.29. The average Bonchev–Trinajstić information content (AvgIpc) is 2.38. The monoisotopic (exact) mass is 299 g/mol. The zero-order valence-corrected chi connectivity index (χ0v) is 12.3. The maximum atomic E-state index is 11.6. The molecule has 0 bridgehead atoms. The van der Waals surface area contributed by atoms with E-state index >= 15 is 0 Å². The fourth-order valence-electron chi connectivity index (χ4n) is 1.71. The van der Waals surface area contributed by atoms with Gasteiger partial charge in [-0.2, -0.15) is 0 Å². The van der Waals surface area contributed by atoms with Crippen LogP contribution in [0.1, 0.15) is 18.9 Å². The van der Waals surface area contributed by atoms with Gasteiger partial charge in [-0.05, 0) is 25.1 Å². The van der Waals surface area contributed by atoms with Crippen LogP contribution in [0.3, 0.4) is 0 Å². The molecular formula is C13H18ClN3O3. The van der Waals surface area contributed by atoms with Crippen LogP contribution in [0.5, 0.6) is 0 Å². The van der Waals surface area contributed by atoms with Gasteiger partial charge in [0.25, 0.3) is 5.69 Å². The molecular weight excluding hydrogens is 282 g/mol. The quantitative estimate of drug-likeness (QED) is 0.618. The Labute approximate surface area is 122 Å². The van der Waals surface area contributed by atoms with Gasteiger partial charge in [0, 0.05) is 30.2 Å². The minimum Gasteiger partial charge on any atom is -0.355 e. The number of carbonyl (C=O) groups is 1. The lowest BCUT2D eigenvalue weighted by Gasteiger charge is -2.17. The van der Waals surface area contributed by atoms with Crippen LogP contribution in [0.4, 0.5) is 5.69 Å². The predicted molar refractivity (Wildman–Crippen MR) is 77.7 cm³/mol. The van der Waals surface area contributed by atoms with E-state index in [0.29, 0.717) is 23.7 Å². The summed E-state index contributed by atoms with van der Waals surface area (Å²) in [5.41, 5.74) is 0.625. The number of nitrogens with zero attached hydrogens (tertiary/aromatic N) is 2. The second kappa shape index (κ2) is 7.81. The first-order valence-electron chi connectivity index (χ1n) is 6.32. The minimum atomic E-state index is -0.464. The van der Waals surface area contributed by atoms with E-state index in [1.54, 1.807) is 11.9 Å². The van der Waals surface area contributed by atoms with Crippen molar-refractivity contribution in [2.45, 2.75) is 19.9 Å². The molecule has 0 aliphatic rings. The molecule has 0 aliphatic carbocycles. The fourth-order valence-corrected chi connectivity index (χ4v) is 1.89. The first-order chi connectivity index (χ1) is 9.43. The lowest BCUT2D eigenvalue weighted by molar-refractivity contribution is -0.384. The van der Waals surface area contributed by atoms with E-state index in [-0.39, 0.29) is 18.1 Å². The van der Waals surface area contributed by atoms with Crippen LogP contribution in [0.25, 0.3) is 0 Å². The number of amides is 1. The van der Waals surface area contributed by atoms with Crippen LogP contribution in [0.2, 0.25) is 5.02 Å². The molecule has 1 rings (SSSR count). The smallest absolute Gasteiger partial charge is 0.269 e. The summed E-state index contributed by atoms with van der Waals surface area (Å²) in [6.07, 6.45) is 0.881. The highest BCUT2D eigenvalue weighted by molar-refractivity contribution is 6.31. The molecule has 0 saturated carbocycles. The number of benzene rings is 1. The van der Waals surface area contributed by atoms with Gasteiger partial charge in [0.1, 0.15) is 0 Å². The Balaban J connectivity index is 2.65. The van der Waals surface area contributed by atoms with Gasteiger partial charge in [0.15, 0.2) is 0 Å². The average molecular weight is 300 g/mol. The summed E-state index contributed by atoms with van der Waals surface area (Å²) < 4.78 is 0. The molecule has 0 atom stereocenters. The van der Waals surface area contributed by atoms with E-state index < -0.39 is 4.92 Å². The fraction of sp³-hybridized carbons (Fsp3) is 0.462. The van der Waals surface area contributed by atoms with Gasteiger partial charge in [-0.15, -0.1) is 0 Å². The number of nitro benzene ring substituents is 1. The van der Waals surface area contributed by atoms with Crippen molar-refractivity contribution in [1.82, 2.24) is 10.2 Å². The maximum Gasteiger partial charge on any atom is 0.269 e. The second-order valence-corrected chi connectivity index (χ2v) is 4.96. The zero-order chi connectivity index (χ0) is 15.1. The summed E-state index contributed by atoms with van der Waals surface area (Å²) in [5.74, 6) is -0.0732. The van der Waals surface area contributed by atoms with Crippen molar-refractivity contribution in [3.05, 3.63) is 38.9 Å². The minimum absolute atomic E-state index is 0.00626. The van der Waals surface area contributed by atoms with Crippen molar-refractivity contribution in [3.8, 4) is 0 Å². The van der Waals surface area contributed by atoms with Crippen molar-refractivity contribution in [1.29, 1.82) is 0 Å². The number of likely N-dealkylation sites (N-methyl/N-ethyl adjacent to an activating group) is 1. The third kappa shape index (κ3) is 5.14. The standard InChI is InChI=1S/C13H18ClN3O3/c1-3-6-15-13(18)9-16(2)8-10-7-11(17(19)20)4-5-12(10)14/h4-5,7H,3,6,8-9H2,1-2H3,(H,15,18). The molecule has 0 unspecified atom stereocenters. The zero-order valence-electron chi connectivity index (χ0n) is 11.6. The lowest BCUT2D eigenvalue weighted by atomic mass is 10.2. The van der Waals surface area contributed by atoms with E-state index in [4.69, 9.17) is 11.6 Å². The Morgan fingerprint density at radius 2 is 2.20 bits per heavy atom. The summed E-state index contributed by atoms with van der Waals surface area (Å²) in [7, 11) is 1.76. The molecule has 1 aromatic rings. The molecule has 0 radical (unpaired) electrons. The molecule has 1 amide bonds. The first-order valence-corrected chi connectivity index (χ1v) is 6.70. The topological polar surface area (TPSA) is 75.5 Å². The lowest BCUT2D eigenvalue weighted by Crippen LogP contribution is -2.35. The molecule has 0 fully saturated rings. The number of non-ortho nitro benzene ring substituents is 1. The highest BCUT2D eigenvalue weighted by Crippen LogP contribution is 2.22. The molecule has 6 nitrogen and oxygen atoms in total. The normalized spacial score (nSPS) is 10.6. The van der Waals surface area contributed by atoms with E-state index in [9.17, 15) is 14.9 Å². The Bertz CT molecular complexity index is 494. The third-order valence-corrected chi connectivity index (χ3v) is 3.03. The summed E-state index contributed by atoms with van der Waals surface area (Å²) in [6.45, 7) is 3.22. The second-order valence-electron chi connectivity index (χ2n) is 4.56. The van der Waals surface area contributed by atoms with Gasteiger partial charge in [0.2, 0.25) is 5.91 Å². The molecule has 0 heterocycles. The van der Waals surface area contributed by atoms with Crippen LogP contribution in [0, 0.1) is 10.1 Å². The van der Waals surface area contributed by atoms with Crippen molar-refractivity contribution in [3.63, 3.8) is 0 Å². The van der Waals surface area contributed by atoms with Gasteiger partial charge >= 0.3 is 0 Å². The Kier molecular flexibility index (Phi) is 6.41. The van der Waals surface area contributed by atoms with Crippen LogP contribution < -0.4 is 5.32 Å². The number of carbonyl (C=O) groups excluding carboxylic acids is 1. The van der Waals surface area contributed by atoms with Gasteiger partial charge in [-0.3, -0.25) is 19.8 Å². The highest BCUT2D eigenvalue weighted by Gasteiger charge is 2.13. The van der Waals surface area contributed by atoms with Gasteiger partial charge in [0.05, 0.1) is 11.5 Å². The van der Waals surface area contributed by atoms with Gasteiger partial charge < -0.3 is 5.32 Å². The number of hydrogen-bond acceptors (Lipinski definition) is 4. The molecule has 20 heavy (non-hydrogen) atoms. The molecule has 0 saturated heterocycles. The SMILES string of the molecule is CCCNC(=O)CN(C)Cc1cc([N+](=O)[O-])ccc1Cl. The third-order valence-electron chi connectivity index (χ3n) is 2.67. The number of nitro groups is 1. The van der Waals surface area contributed by atoms with Crippen LogP contribution in [0.15, 0.2) is 18.2 Å². The Morgan fingerprint density at radius 1 is 1.50 bits per heavy atom. The molecule has 7 heteroatoms. The number of halogens is 1. The van der Waals surface area contributed by atoms with E-state index in [1.165, 1.54) is 18.2 Å². The molecule has 0 spiro atoms. The Morgan fingerprint density at radius 3 is 2.80 bits per heavy atom. The van der Waals surface area contributed by atoms with Crippen molar-refractivity contribution in [2.75, 3.05) is 20.1 Å². The first kappa shape index (κ1) is 16.4. The van der Waals surface area contributed by atoms with Gasteiger partial charge in [-0.1, -0.05) is 18.5 Å². The highest BCUT2D eigenvalue weighted by atomic mass is 35.5. The van der Waals surface area contributed by atoms with Crippen LogP contribution in [-0.4, -0.2) is 35.9 Å². The molecule has 110 valence electrons. The summed E-state index contributed by atoms with van der Waals surface area (Å²) in [4.78, 5) is 23.6. The van der Waals surface area contributed by atoms with E-state index in [2.05, 4.69) is 5.32 Å². The predicted octanol–water partition coefficient (Wildman–Crippen LogP) is 2.21. The van der Waals surface area contributed by atoms with Crippen LogP contribution in [-0.2, 0) is 11.3 Å². The summed E-state index contributed by atoms with van der Waals surface area (Å²) in [5, 5.41) is 14.0. The molecule has 1 N–H and O–H groups in total. The van der Waals surface area contributed by atoms with Gasteiger partial charge in [-0.25, -0.2) is 0 Å². The van der Waals surface area contributed by atoms with Crippen molar-refractivity contribution >= 4 is 23.2 Å². The van der Waals surface area contributed by atoms with E-state index in [0.717, 1.165) is 6.42 Å².